The minimum atomic E-state index is -2.21. The first-order valence-electron chi connectivity index (χ1n) is 43.7. The van der Waals surface area contributed by atoms with E-state index in [1.54, 1.807) is 30.2 Å². The third-order valence-corrected chi connectivity index (χ3v) is 24.6. The summed E-state index contributed by atoms with van der Waals surface area (Å²) in [5.74, 6) is 3.62. The summed E-state index contributed by atoms with van der Waals surface area (Å²) in [6.07, 6.45) is 16.5. The van der Waals surface area contributed by atoms with Gasteiger partial charge in [-0.2, -0.15) is 0 Å². The van der Waals surface area contributed by atoms with Crippen molar-refractivity contribution < 1.29 is 57.9 Å². The molecule has 0 saturated heterocycles. The number of pyridine rings is 5. The lowest BCUT2D eigenvalue weighted by molar-refractivity contribution is -0.663. The van der Waals surface area contributed by atoms with Gasteiger partial charge in [-0.3, -0.25) is 0 Å². The Morgan fingerprint density at radius 1 is 0.276 bits per heavy atom. The first-order chi connectivity index (χ1) is 63.0. The predicted octanol–water partition coefficient (Wildman–Crippen LogP) is 24.5. The number of fused-ring (bicyclic) bond motifs is 25. The summed E-state index contributed by atoms with van der Waals surface area (Å²) in [5.41, 5.74) is 24.3. The van der Waals surface area contributed by atoms with Crippen LogP contribution in [0.4, 0.5) is 0 Å². The molecule has 0 N–H and O–H groups in total. The van der Waals surface area contributed by atoms with Gasteiger partial charge < -0.3 is 30.9 Å². The van der Waals surface area contributed by atoms with E-state index in [1.165, 1.54) is 50.0 Å². The summed E-state index contributed by atoms with van der Waals surface area (Å²) in [7, 11) is 9.95. The molecule has 25 aromatic rings. The molecule has 0 fully saturated rings. The van der Waals surface area contributed by atoms with Crippen LogP contribution in [0.15, 0.2) is 311 Å². The zero-order chi connectivity index (χ0) is 89.4. The molecule has 0 radical (unpaired) electrons. The van der Waals surface area contributed by atoms with Crippen LogP contribution in [0.5, 0.6) is 0 Å². The largest absolute Gasteiger partial charge is 0.437 e. The van der Waals surface area contributed by atoms with Crippen molar-refractivity contribution in [3.8, 4) is 56.7 Å². The van der Waals surface area contributed by atoms with Crippen LogP contribution < -0.4 is 22.8 Å². The number of hydrogen-bond acceptors (Lipinski definition) is 13. The highest BCUT2D eigenvalue weighted by Gasteiger charge is 2.32. The monoisotopic (exact) mass is 1670 g/mol. The first-order valence-corrected chi connectivity index (χ1v) is 42.2. The van der Waals surface area contributed by atoms with E-state index < -0.39 is 6.85 Å². The maximum atomic E-state index is 7.65. The molecule has 15 aromatic heterocycles. The molecular weight excluding hydrogens is 1580 g/mol. The molecule has 10 aromatic carbocycles. The molecule has 0 amide bonds. The number of rotatable bonds is 5. The van der Waals surface area contributed by atoms with Crippen molar-refractivity contribution in [3.05, 3.63) is 331 Å². The molecule has 18 heteroatoms. The molecular formula is C109H88N11O7+5. The second kappa shape index (κ2) is 31.1. The Morgan fingerprint density at radius 2 is 0.701 bits per heavy atom. The molecule has 0 unspecified atom stereocenters. The van der Waals surface area contributed by atoms with Gasteiger partial charge in [0.2, 0.25) is 28.5 Å². The predicted molar refractivity (Wildman–Crippen MR) is 503 cm³/mol. The molecule has 0 saturated carbocycles. The van der Waals surface area contributed by atoms with E-state index in [1.807, 2.05) is 149 Å². The van der Waals surface area contributed by atoms with Crippen LogP contribution in [-0.4, -0.2) is 29.9 Å². The Bertz CT molecular complexity index is 8960. The highest BCUT2D eigenvalue weighted by molar-refractivity contribution is 6.26. The Morgan fingerprint density at radius 3 is 1.23 bits per heavy atom. The first kappa shape index (κ1) is 74.8. The lowest BCUT2D eigenvalue weighted by atomic mass is 9.94. The fourth-order valence-electron chi connectivity index (χ4n) is 18.5. The Labute approximate surface area is 733 Å². The topological polar surface area (TPSA) is 189 Å². The van der Waals surface area contributed by atoms with Crippen LogP contribution in [0.1, 0.15) is 54.4 Å². The van der Waals surface area contributed by atoms with E-state index in [0.717, 1.165) is 182 Å². The number of benzene rings is 10. The van der Waals surface area contributed by atoms with Gasteiger partial charge in [0, 0.05) is 125 Å². The van der Waals surface area contributed by atoms with Crippen LogP contribution >= 0.6 is 0 Å². The molecule has 0 spiro atoms. The van der Waals surface area contributed by atoms with Gasteiger partial charge in [0.05, 0.1) is 61.6 Å². The second-order valence-electron chi connectivity index (χ2n) is 32.8. The maximum absolute atomic E-state index is 7.65. The molecule has 0 bridgehead atoms. The van der Waals surface area contributed by atoms with E-state index in [4.69, 9.17) is 40.0 Å². The van der Waals surface area contributed by atoms with E-state index in [9.17, 15) is 0 Å². The zero-order valence-electron chi connectivity index (χ0n) is 75.3. The van der Waals surface area contributed by atoms with Gasteiger partial charge in [-0.15, -0.1) is 0 Å². The van der Waals surface area contributed by atoms with E-state index in [2.05, 4.69) is 233 Å². The number of nitrogens with zero attached hydrogens (tertiary/aromatic N) is 11. The Kier molecular flexibility index (Phi) is 18.3. The number of furan rings is 7. The van der Waals surface area contributed by atoms with Crippen LogP contribution in [-0.2, 0) is 35.2 Å². The van der Waals surface area contributed by atoms with Gasteiger partial charge in [-0.05, 0) is 191 Å². The fraction of sp³-hybridized carbons (Fsp3) is 0.128. The molecule has 0 aliphatic heterocycles. The van der Waals surface area contributed by atoms with Crippen LogP contribution in [0.2, 0.25) is 0 Å². The standard InChI is InChI=1S/C23H20N3O.C22H18N3O.C22H18NO2.C21H16N3O.C21H16NO2/c1-13-9-10-18-20-17-8-6-5-7-16(17)15(3)19(21(20)27-23(18)25-13)22-24-14(2)11-12-26(22)4;1-13-11-24-21(25(3)12-13)18-14(2)15-7-4-5-8-16(15)19-17-9-6-10-23-22(17)26-20(18)19;1-13-10-11-23(3)17(12-13)19-14(2)8-9-16-20-15-6-4-5-7-18(15)24-22(20)25-21(16)19;1-13-14-7-3-4-8-15(14)18-16-9-5-10-23-21(16)25-19(18)17(13)20-22-11-6-12-24(20)2;1-13-10-11-15-19-14-7-3-4-9-17(14)23-21(19)24-20(15)18(13)16-8-5-6-12-22(16)2/h5-12H,1-4H3;4-12H,1-3H3;4-12H,1-3H3;3-12H,1-2H3;3-12H,1-2H3/q5*+1/i;1D3;;;. The Balaban J connectivity index is 0.0000000985. The minimum Gasteiger partial charge on any atom is -0.437 e. The van der Waals surface area contributed by atoms with Crippen molar-refractivity contribution >= 4 is 165 Å². The summed E-state index contributed by atoms with van der Waals surface area (Å²) in [4.78, 5) is 27.4. The van der Waals surface area contributed by atoms with Crippen molar-refractivity contribution in [3.63, 3.8) is 0 Å². The SMILES string of the molecule is Cc1c(-c2nccc[n+]2C)c2oc3ncccc3c2c2ccccc12.Cc1cc[n+](C)c(-c2c(C)c3ccccc3c3c2oc2nc(C)ccc23)n1.Cc1cc[n+](C)c(-c2c(C)ccc3c2oc2oc4ccccc4c23)c1.Cc1ccc2c(oc3oc4ccccc4c32)c1-c1cccc[n+]1C.[2H]C([2H])([2H])c1cnc(-c2c(C)c3ccccc3c3c2oc2ncccc23)[n+](C)c1. The summed E-state index contributed by atoms with van der Waals surface area (Å²) in [5, 5.41) is 19.7. The summed E-state index contributed by atoms with van der Waals surface area (Å²) >= 11 is 0. The molecule has 0 aliphatic carbocycles. The van der Waals surface area contributed by atoms with Crippen molar-refractivity contribution in [1.82, 2.24) is 29.9 Å². The van der Waals surface area contributed by atoms with Gasteiger partial charge >= 0.3 is 17.5 Å². The van der Waals surface area contributed by atoms with E-state index in [-0.39, 0.29) is 5.56 Å². The average Bonchev–Trinajstić information content (AvgIpc) is 1.56. The number of hydrogen-bond donors (Lipinski definition) is 0. The van der Waals surface area contributed by atoms with Gasteiger partial charge in [-0.1, -0.05) is 133 Å². The van der Waals surface area contributed by atoms with Crippen molar-refractivity contribution in [1.29, 1.82) is 0 Å². The summed E-state index contributed by atoms with van der Waals surface area (Å²) in [6, 6.07) is 76.4. The minimum absolute atomic E-state index is 0.199. The lowest BCUT2D eigenvalue weighted by Crippen LogP contribution is -2.32. The highest BCUT2D eigenvalue weighted by Crippen LogP contribution is 2.48. The van der Waals surface area contributed by atoms with E-state index >= 15 is 0 Å². The van der Waals surface area contributed by atoms with Crippen molar-refractivity contribution in [2.45, 2.75) is 62.2 Å². The molecule has 25 rings (SSSR count). The van der Waals surface area contributed by atoms with Gasteiger partial charge in [0.1, 0.15) is 54.3 Å². The summed E-state index contributed by atoms with van der Waals surface area (Å²) in [6.45, 7) is 14.5. The third kappa shape index (κ3) is 13.1. The molecule has 15 heterocycles. The molecule has 0 aliphatic rings. The lowest BCUT2D eigenvalue weighted by Gasteiger charge is -2.09. The smallest absolute Gasteiger partial charge is 0.334 e. The molecule has 0 atom stereocenters. The molecule has 616 valence electrons. The van der Waals surface area contributed by atoms with E-state index in [0.29, 0.717) is 40.1 Å². The van der Waals surface area contributed by atoms with Gasteiger partial charge in [0.25, 0.3) is 11.6 Å². The summed E-state index contributed by atoms with van der Waals surface area (Å²) < 4.78 is 76.1. The van der Waals surface area contributed by atoms with Crippen LogP contribution in [0, 0.1) is 62.2 Å². The van der Waals surface area contributed by atoms with Gasteiger partial charge in [-0.25, -0.2) is 37.8 Å². The normalized spacial score (nSPS) is 12.1. The number of aryl methyl sites for hydroxylation is 14. The number of para-hydroxylation sites is 2. The second-order valence-corrected chi connectivity index (χ2v) is 32.8. The van der Waals surface area contributed by atoms with Crippen molar-refractivity contribution in [2.75, 3.05) is 0 Å². The third-order valence-electron chi connectivity index (χ3n) is 24.6. The average molecular weight is 1670 g/mol. The maximum Gasteiger partial charge on any atom is 0.334 e. The highest BCUT2D eigenvalue weighted by atomic mass is 16.5. The quantitative estimate of drug-likeness (QED) is 0.148. The molecule has 18 nitrogen and oxygen atoms in total. The van der Waals surface area contributed by atoms with Crippen molar-refractivity contribution in [2.24, 2.45) is 35.2 Å². The molecule has 127 heavy (non-hydrogen) atoms. The fourth-order valence-corrected chi connectivity index (χ4v) is 18.5. The Hall–Kier alpha value is -16.0. The zero-order valence-corrected chi connectivity index (χ0v) is 72.3. The van der Waals surface area contributed by atoms with Gasteiger partial charge in [0.15, 0.2) is 46.0 Å². The van der Waals surface area contributed by atoms with Crippen LogP contribution in [0.25, 0.3) is 221 Å². The number of aromatic nitrogens is 11. The van der Waals surface area contributed by atoms with Crippen LogP contribution in [0.3, 0.4) is 0 Å².